The Morgan fingerprint density at radius 3 is 1.63 bits per heavy atom. The van der Waals surface area contributed by atoms with E-state index >= 15 is 0 Å². The second-order valence-electron chi connectivity index (χ2n) is 8.05. The van der Waals surface area contributed by atoms with Crippen molar-refractivity contribution in [3.63, 3.8) is 0 Å². The first kappa shape index (κ1) is 35.2. The number of esters is 2. The molecule has 2 aromatic heterocycles. The summed E-state index contributed by atoms with van der Waals surface area (Å²) in [6.45, 7) is 2.83. The van der Waals surface area contributed by atoms with Gasteiger partial charge in [-0.1, -0.05) is 0 Å². The van der Waals surface area contributed by atoms with Crippen molar-refractivity contribution < 1.29 is 59.7 Å². The fourth-order valence-electron chi connectivity index (χ4n) is 3.20. The SMILES string of the molecule is COC1=C(C)C(=O)N(c2cc(C(F)(F)F)c(Br)cn2)C1=O.COC1=C(C)C(=O)OC1=O.Nc1cc(C(F)(F)F)c(Br)cn1. The zero-order chi connectivity index (χ0) is 33.0. The highest BCUT2D eigenvalue weighted by Gasteiger charge is 2.41. The molecule has 0 fully saturated rings. The van der Waals surface area contributed by atoms with Crippen molar-refractivity contribution in [2.24, 2.45) is 0 Å². The van der Waals surface area contributed by atoms with Crippen LogP contribution in [0.15, 0.2) is 56.1 Å². The van der Waals surface area contributed by atoms with Gasteiger partial charge in [-0.3, -0.25) is 9.59 Å². The number of pyridine rings is 2. The Balaban J connectivity index is 0.000000248. The third kappa shape index (κ3) is 8.09. The molecule has 19 heteroatoms. The Morgan fingerprint density at radius 1 is 0.767 bits per heavy atom. The van der Waals surface area contributed by atoms with Crippen LogP contribution >= 0.6 is 31.9 Å². The molecule has 0 atom stereocenters. The lowest BCUT2D eigenvalue weighted by Gasteiger charge is -2.16. The first-order valence-corrected chi connectivity index (χ1v) is 12.7. The van der Waals surface area contributed by atoms with Crippen LogP contribution in [0.1, 0.15) is 25.0 Å². The number of hydrogen-bond acceptors (Lipinski definition) is 10. The van der Waals surface area contributed by atoms with E-state index in [9.17, 15) is 45.5 Å². The fourth-order valence-corrected chi connectivity index (χ4v) is 4.08. The Bertz CT molecular complexity index is 1540. The molecule has 0 aromatic carbocycles. The van der Waals surface area contributed by atoms with Crippen LogP contribution in [0.2, 0.25) is 0 Å². The first-order chi connectivity index (χ1) is 19.8. The molecule has 11 nitrogen and oxygen atoms in total. The minimum atomic E-state index is -4.64. The molecule has 0 radical (unpaired) electrons. The van der Waals surface area contributed by atoms with Gasteiger partial charge in [0.2, 0.25) is 5.76 Å². The summed E-state index contributed by atoms with van der Waals surface area (Å²) in [6.07, 6.45) is -7.12. The minimum Gasteiger partial charge on any atom is -0.491 e. The maximum atomic E-state index is 12.8. The number of amides is 2. The summed E-state index contributed by atoms with van der Waals surface area (Å²) in [5, 5.41) is 0. The van der Waals surface area contributed by atoms with Gasteiger partial charge >= 0.3 is 30.2 Å². The standard InChI is InChI=1S/C12H8BrF3N2O3.C6H4BrF3N2.C6H6O4/c1-5-9(21-2)11(20)18(10(5)19)8-3-6(12(14,15)16)7(13)4-17-8;7-4-2-12-5(11)1-3(4)6(8,9)10;1-3-4(9-2)6(8)10-5(3)7/h3-4H,1-2H3;1-2H,(H2,11,12);1-2H3. The van der Waals surface area contributed by atoms with Gasteiger partial charge in [-0.2, -0.15) is 26.3 Å². The number of halogens is 8. The Kier molecular flexibility index (Phi) is 11.1. The van der Waals surface area contributed by atoms with E-state index in [1.54, 1.807) is 0 Å². The third-order valence-electron chi connectivity index (χ3n) is 5.24. The number of aromatic nitrogens is 2. The predicted octanol–water partition coefficient (Wildman–Crippen LogP) is 5.09. The predicted molar refractivity (Wildman–Crippen MR) is 141 cm³/mol. The highest BCUT2D eigenvalue weighted by molar-refractivity contribution is 9.10. The normalized spacial score (nSPS) is 15.2. The molecule has 0 unspecified atom stereocenters. The molecule has 2 aromatic rings. The van der Waals surface area contributed by atoms with E-state index in [-0.39, 0.29) is 37.4 Å². The molecule has 0 aliphatic carbocycles. The van der Waals surface area contributed by atoms with Crippen LogP contribution in [-0.2, 0) is 45.7 Å². The lowest BCUT2D eigenvalue weighted by molar-refractivity contribution is -0.152. The van der Waals surface area contributed by atoms with E-state index in [0.29, 0.717) is 11.0 Å². The summed E-state index contributed by atoms with van der Waals surface area (Å²) in [5.41, 5.74) is 3.49. The van der Waals surface area contributed by atoms with Gasteiger partial charge in [0, 0.05) is 21.3 Å². The smallest absolute Gasteiger partial charge is 0.417 e. The van der Waals surface area contributed by atoms with Crippen molar-refractivity contribution in [3.05, 3.63) is 67.3 Å². The number of nitrogens with two attached hydrogens (primary N) is 1. The second kappa shape index (κ2) is 13.5. The van der Waals surface area contributed by atoms with E-state index in [0.717, 1.165) is 18.5 Å². The van der Waals surface area contributed by atoms with Gasteiger partial charge in [0.05, 0.1) is 36.5 Å². The van der Waals surface area contributed by atoms with Gasteiger partial charge in [-0.15, -0.1) is 0 Å². The number of alkyl halides is 6. The van der Waals surface area contributed by atoms with Crippen molar-refractivity contribution in [2.75, 3.05) is 24.9 Å². The fraction of sp³-hybridized carbons (Fsp3) is 0.250. The third-order valence-corrected chi connectivity index (χ3v) is 6.51. The Morgan fingerprint density at radius 2 is 1.26 bits per heavy atom. The molecule has 2 aliphatic rings. The summed E-state index contributed by atoms with van der Waals surface area (Å²) in [6, 6.07) is 1.41. The molecule has 0 saturated heterocycles. The number of methoxy groups -OCH3 is 2. The Hall–Kier alpha value is -4.00. The summed E-state index contributed by atoms with van der Waals surface area (Å²) < 4.78 is 88.1. The maximum Gasteiger partial charge on any atom is 0.417 e. The molecule has 0 saturated carbocycles. The van der Waals surface area contributed by atoms with Crippen molar-refractivity contribution >= 4 is 67.2 Å². The summed E-state index contributed by atoms with van der Waals surface area (Å²) >= 11 is 5.46. The number of carbonyl (C=O) groups is 4. The summed E-state index contributed by atoms with van der Waals surface area (Å²) in [5.74, 6) is -3.70. The van der Waals surface area contributed by atoms with E-state index < -0.39 is 53.1 Å². The molecular formula is C24H18Br2F6N4O7. The summed E-state index contributed by atoms with van der Waals surface area (Å²) in [4.78, 5) is 52.9. The zero-order valence-corrected chi connectivity index (χ0v) is 25.3. The molecular weight excluding hydrogens is 730 g/mol. The number of hydrogen-bond donors (Lipinski definition) is 1. The van der Waals surface area contributed by atoms with E-state index in [1.807, 2.05) is 0 Å². The molecule has 2 amide bonds. The van der Waals surface area contributed by atoms with Crippen LogP contribution < -0.4 is 10.6 Å². The first-order valence-electron chi connectivity index (χ1n) is 11.1. The minimum absolute atomic E-state index is 0.00463. The zero-order valence-electron chi connectivity index (χ0n) is 22.1. The molecule has 4 rings (SSSR count). The van der Waals surface area contributed by atoms with Crippen LogP contribution in [0.5, 0.6) is 0 Å². The number of rotatable bonds is 3. The highest BCUT2D eigenvalue weighted by atomic mass is 79.9. The molecule has 43 heavy (non-hydrogen) atoms. The topological polar surface area (TPSA) is 151 Å². The van der Waals surface area contributed by atoms with Crippen molar-refractivity contribution in [2.45, 2.75) is 26.2 Å². The number of ether oxygens (including phenoxy) is 3. The number of nitrogens with zero attached hydrogens (tertiary/aromatic N) is 3. The molecule has 0 spiro atoms. The number of imide groups is 1. The van der Waals surface area contributed by atoms with Crippen LogP contribution in [0.3, 0.4) is 0 Å². The average Bonchev–Trinajstić information content (AvgIpc) is 3.28. The Labute approximate surface area is 254 Å². The van der Waals surface area contributed by atoms with E-state index in [1.165, 1.54) is 28.1 Å². The van der Waals surface area contributed by atoms with Crippen LogP contribution in [0.4, 0.5) is 38.0 Å². The molecule has 232 valence electrons. The number of anilines is 2. The van der Waals surface area contributed by atoms with Gasteiger partial charge in [0.1, 0.15) is 11.6 Å². The second-order valence-corrected chi connectivity index (χ2v) is 9.75. The molecule has 4 heterocycles. The van der Waals surface area contributed by atoms with Crippen LogP contribution in [0.25, 0.3) is 0 Å². The van der Waals surface area contributed by atoms with Gasteiger partial charge in [-0.05, 0) is 57.8 Å². The van der Waals surface area contributed by atoms with Crippen molar-refractivity contribution in [1.82, 2.24) is 9.97 Å². The van der Waals surface area contributed by atoms with Crippen LogP contribution in [0, 0.1) is 0 Å². The summed E-state index contributed by atoms with van der Waals surface area (Å²) in [7, 11) is 2.52. The monoisotopic (exact) mass is 746 g/mol. The van der Waals surface area contributed by atoms with E-state index in [4.69, 9.17) is 10.5 Å². The van der Waals surface area contributed by atoms with Gasteiger partial charge in [0.25, 0.3) is 5.91 Å². The average molecular weight is 748 g/mol. The number of cyclic esters (lactones) is 2. The van der Waals surface area contributed by atoms with E-state index in [2.05, 4.69) is 51.3 Å². The number of nitrogen functional groups attached to an aromatic ring is 1. The maximum absolute atomic E-state index is 12.8. The van der Waals surface area contributed by atoms with Crippen molar-refractivity contribution in [1.29, 1.82) is 0 Å². The van der Waals surface area contributed by atoms with Crippen molar-refractivity contribution in [3.8, 4) is 0 Å². The van der Waals surface area contributed by atoms with Gasteiger partial charge < -0.3 is 19.9 Å². The molecule has 0 bridgehead atoms. The van der Waals surface area contributed by atoms with Gasteiger partial charge in [-0.25, -0.2) is 24.5 Å². The quantitative estimate of drug-likeness (QED) is 0.195. The highest BCUT2D eigenvalue weighted by Crippen LogP contribution is 2.37. The lowest BCUT2D eigenvalue weighted by Crippen LogP contribution is -2.32. The lowest BCUT2D eigenvalue weighted by atomic mass is 10.2. The largest absolute Gasteiger partial charge is 0.491 e. The molecule has 2 aliphatic heterocycles. The van der Waals surface area contributed by atoms with Crippen LogP contribution in [-0.4, -0.2) is 47.9 Å². The van der Waals surface area contributed by atoms with Gasteiger partial charge in [0.15, 0.2) is 5.76 Å². The molecule has 2 N–H and O–H groups in total. The number of carbonyl (C=O) groups excluding carboxylic acids is 4.